The molecule has 0 amide bonds. The fraction of sp³-hybridized carbons (Fsp3) is 0.333. The molecule has 0 aliphatic carbocycles. The molecule has 0 bridgehead atoms. The summed E-state index contributed by atoms with van der Waals surface area (Å²) in [6, 6.07) is 9.62. The zero-order valence-corrected chi connectivity index (χ0v) is 13.5. The number of aromatic nitrogens is 2. The Morgan fingerprint density at radius 2 is 1.90 bits per heavy atom. The fourth-order valence-electron chi connectivity index (χ4n) is 1.67. The van der Waals surface area contributed by atoms with Gasteiger partial charge in [-0.15, -0.1) is 0 Å². The maximum absolute atomic E-state index is 5.95. The van der Waals surface area contributed by atoms with Crippen molar-refractivity contribution in [3.8, 4) is 11.6 Å². The average Bonchev–Trinajstić information content (AvgIpc) is 2.37. The molecule has 1 heterocycles. The van der Waals surface area contributed by atoms with Gasteiger partial charge in [0.2, 0.25) is 5.88 Å². The van der Waals surface area contributed by atoms with Crippen LogP contribution in [0, 0.1) is 0 Å². The van der Waals surface area contributed by atoms with Crippen molar-refractivity contribution in [2.75, 3.05) is 6.26 Å². The molecule has 1 aromatic carbocycles. The normalized spacial score (nSPS) is 11.4. The van der Waals surface area contributed by atoms with Gasteiger partial charge in [0, 0.05) is 6.07 Å². The molecule has 2 rings (SSSR count). The molecule has 0 fully saturated rings. The summed E-state index contributed by atoms with van der Waals surface area (Å²) in [6.07, 6.45) is 1.90. The third-order valence-corrected chi connectivity index (χ3v) is 3.50. The number of thioether (sulfide) groups is 1. The van der Waals surface area contributed by atoms with Crippen LogP contribution in [-0.2, 0) is 5.41 Å². The summed E-state index contributed by atoms with van der Waals surface area (Å²) in [4.78, 5) is 8.37. The molecule has 106 valence electrons. The molecule has 0 unspecified atom stereocenters. The van der Waals surface area contributed by atoms with Gasteiger partial charge in [0.05, 0.1) is 0 Å². The van der Waals surface area contributed by atoms with E-state index in [2.05, 4.69) is 36.8 Å². The lowest BCUT2D eigenvalue weighted by atomic mass is 9.87. The van der Waals surface area contributed by atoms with Gasteiger partial charge in [0.1, 0.15) is 10.9 Å². The Kier molecular flexibility index (Phi) is 4.55. The van der Waals surface area contributed by atoms with Crippen molar-refractivity contribution in [2.24, 2.45) is 0 Å². The summed E-state index contributed by atoms with van der Waals surface area (Å²) in [6.45, 7) is 6.50. The van der Waals surface area contributed by atoms with E-state index in [1.807, 2.05) is 24.5 Å². The first-order chi connectivity index (χ1) is 9.38. The van der Waals surface area contributed by atoms with Crippen LogP contribution in [0.5, 0.6) is 11.6 Å². The topological polar surface area (TPSA) is 35.0 Å². The summed E-state index contributed by atoms with van der Waals surface area (Å²) >= 11 is 7.38. The van der Waals surface area contributed by atoms with Crippen LogP contribution >= 0.6 is 23.4 Å². The summed E-state index contributed by atoms with van der Waals surface area (Å²) in [7, 11) is 0. The SMILES string of the molecule is CSc1nc(Cl)cc(Oc2cccc(C(C)(C)C)c2)n1. The highest BCUT2D eigenvalue weighted by Gasteiger charge is 2.14. The number of halogens is 1. The second-order valence-electron chi connectivity index (χ2n) is 5.40. The highest BCUT2D eigenvalue weighted by molar-refractivity contribution is 7.98. The van der Waals surface area contributed by atoms with E-state index >= 15 is 0 Å². The Hall–Kier alpha value is -1.26. The van der Waals surface area contributed by atoms with Gasteiger partial charge in [-0.2, -0.15) is 4.98 Å². The Balaban J connectivity index is 2.28. The van der Waals surface area contributed by atoms with E-state index in [-0.39, 0.29) is 5.41 Å². The van der Waals surface area contributed by atoms with E-state index in [1.165, 1.54) is 17.3 Å². The molecule has 0 atom stereocenters. The van der Waals surface area contributed by atoms with Crippen molar-refractivity contribution < 1.29 is 4.74 Å². The third-order valence-electron chi connectivity index (χ3n) is 2.76. The van der Waals surface area contributed by atoms with Crippen molar-refractivity contribution in [3.63, 3.8) is 0 Å². The first-order valence-electron chi connectivity index (χ1n) is 6.25. The van der Waals surface area contributed by atoms with Crippen LogP contribution in [0.3, 0.4) is 0 Å². The second-order valence-corrected chi connectivity index (χ2v) is 6.56. The first kappa shape index (κ1) is 15.1. The maximum atomic E-state index is 5.95. The maximum Gasteiger partial charge on any atom is 0.224 e. The molecular formula is C15H17ClN2OS. The third kappa shape index (κ3) is 3.87. The van der Waals surface area contributed by atoms with Crippen molar-refractivity contribution in [1.29, 1.82) is 0 Å². The highest BCUT2D eigenvalue weighted by atomic mass is 35.5. The van der Waals surface area contributed by atoms with E-state index in [0.29, 0.717) is 16.2 Å². The number of ether oxygens (including phenoxy) is 1. The molecule has 0 radical (unpaired) electrons. The van der Waals surface area contributed by atoms with Crippen molar-refractivity contribution in [3.05, 3.63) is 41.0 Å². The zero-order chi connectivity index (χ0) is 14.8. The van der Waals surface area contributed by atoms with Gasteiger partial charge >= 0.3 is 0 Å². The smallest absolute Gasteiger partial charge is 0.224 e. The van der Waals surface area contributed by atoms with Gasteiger partial charge in [0.25, 0.3) is 0 Å². The molecule has 1 aromatic heterocycles. The van der Waals surface area contributed by atoms with Gasteiger partial charge in [0.15, 0.2) is 5.16 Å². The van der Waals surface area contributed by atoms with Crippen molar-refractivity contribution in [1.82, 2.24) is 9.97 Å². The van der Waals surface area contributed by atoms with Crippen LogP contribution in [0.2, 0.25) is 5.15 Å². The molecule has 0 spiro atoms. The van der Waals surface area contributed by atoms with E-state index in [1.54, 1.807) is 6.07 Å². The fourth-order valence-corrected chi connectivity index (χ4v) is 2.26. The minimum atomic E-state index is 0.0765. The predicted molar refractivity (Wildman–Crippen MR) is 84.0 cm³/mol. The van der Waals surface area contributed by atoms with Gasteiger partial charge < -0.3 is 4.74 Å². The standard InChI is InChI=1S/C15H17ClN2OS/c1-15(2,3)10-6-5-7-11(8-10)19-13-9-12(16)17-14(18-13)20-4/h5-9H,1-4H3. The average molecular weight is 309 g/mol. The molecule has 3 nitrogen and oxygen atoms in total. The minimum absolute atomic E-state index is 0.0765. The lowest BCUT2D eigenvalue weighted by Gasteiger charge is -2.19. The second kappa shape index (κ2) is 6.02. The molecule has 0 aliphatic heterocycles. The molecule has 20 heavy (non-hydrogen) atoms. The number of benzene rings is 1. The summed E-state index contributed by atoms with van der Waals surface area (Å²) in [5, 5.41) is 0.978. The minimum Gasteiger partial charge on any atom is -0.439 e. The molecule has 0 saturated carbocycles. The summed E-state index contributed by atoms with van der Waals surface area (Å²) < 4.78 is 5.79. The lowest BCUT2D eigenvalue weighted by molar-refractivity contribution is 0.452. The van der Waals surface area contributed by atoms with Crippen LogP contribution in [0.15, 0.2) is 35.5 Å². The monoisotopic (exact) mass is 308 g/mol. The quantitative estimate of drug-likeness (QED) is 0.457. The Labute approximate surface area is 128 Å². The Morgan fingerprint density at radius 3 is 2.55 bits per heavy atom. The van der Waals surface area contributed by atoms with Gasteiger partial charge in [-0.05, 0) is 29.4 Å². The molecule has 2 aromatic rings. The Bertz CT molecular complexity index is 611. The van der Waals surface area contributed by atoms with E-state index in [0.717, 1.165) is 5.75 Å². The Morgan fingerprint density at radius 1 is 1.15 bits per heavy atom. The first-order valence-corrected chi connectivity index (χ1v) is 7.86. The largest absolute Gasteiger partial charge is 0.439 e. The predicted octanol–water partition coefficient (Wildman–Crippen LogP) is 4.94. The zero-order valence-electron chi connectivity index (χ0n) is 12.0. The van der Waals surface area contributed by atoms with Crippen molar-refractivity contribution >= 4 is 23.4 Å². The number of hydrogen-bond donors (Lipinski definition) is 0. The number of hydrogen-bond acceptors (Lipinski definition) is 4. The molecule has 0 N–H and O–H groups in total. The van der Waals surface area contributed by atoms with E-state index in [4.69, 9.17) is 16.3 Å². The molecule has 0 saturated heterocycles. The van der Waals surface area contributed by atoms with Gasteiger partial charge in [-0.3, -0.25) is 0 Å². The van der Waals surface area contributed by atoms with Crippen LogP contribution in [-0.4, -0.2) is 16.2 Å². The number of rotatable bonds is 3. The molecular weight excluding hydrogens is 292 g/mol. The van der Waals surface area contributed by atoms with Crippen molar-refractivity contribution in [2.45, 2.75) is 31.3 Å². The van der Waals surface area contributed by atoms with Crippen LogP contribution < -0.4 is 4.74 Å². The van der Waals surface area contributed by atoms with Gasteiger partial charge in [-0.25, -0.2) is 4.98 Å². The van der Waals surface area contributed by atoms with Crippen LogP contribution in [0.4, 0.5) is 0 Å². The summed E-state index contributed by atoms with van der Waals surface area (Å²) in [5.74, 6) is 1.21. The number of nitrogens with zero attached hydrogens (tertiary/aromatic N) is 2. The van der Waals surface area contributed by atoms with E-state index in [9.17, 15) is 0 Å². The van der Waals surface area contributed by atoms with Gasteiger partial charge in [-0.1, -0.05) is 56.3 Å². The molecule has 0 aliphatic rings. The van der Waals surface area contributed by atoms with E-state index < -0.39 is 0 Å². The summed E-state index contributed by atoms with van der Waals surface area (Å²) in [5.41, 5.74) is 1.29. The highest BCUT2D eigenvalue weighted by Crippen LogP contribution is 2.29. The molecule has 5 heteroatoms. The van der Waals surface area contributed by atoms with Crippen LogP contribution in [0.25, 0.3) is 0 Å². The van der Waals surface area contributed by atoms with Crippen LogP contribution in [0.1, 0.15) is 26.3 Å². The lowest BCUT2D eigenvalue weighted by Crippen LogP contribution is -2.10.